The van der Waals surface area contributed by atoms with Gasteiger partial charge in [-0.05, 0) is 13.3 Å². The summed E-state index contributed by atoms with van der Waals surface area (Å²) in [5.41, 5.74) is 0. The van der Waals surface area contributed by atoms with Crippen molar-refractivity contribution in [3.8, 4) is 6.07 Å². The van der Waals surface area contributed by atoms with E-state index in [-0.39, 0.29) is 5.92 Å². The standard InChI is InChI=1S/C8H11N3O/c1-6(4-3-5-9)8-10-7(2)11-12-8/h6H,3-4H2,1-2H3. The molecule has 0 amide bonds. The smallest absolute Gasteiger partial charge is 0.229 e. The minimum Gasteiger partial charge on any atom is -0.339 e. The van der Waals surface area contributed by atoms with Gasteiger partial charge in [-0.2, -0.15) is 10.2 Å². The maximum absolute atomic E-state index is 8.35. The number of aromatic nitrogens is 2. The molecule has 0 aliphatic heterocycles. The van der Waals surface area contributed by atoms with Crippen LogP contribution in [0.1, 0.15) is 37.4 Å². The molecule has 1 atom stereocenters. The van der Waals surface area contributed by atoms with E-state index in [0.717, 1.165) is 6.42 Å². The van der Waals surface area contributed by atoms with Crippen LogP contribution in [-0.4, -0.2) is 10.1 Å². The maximum Gasteiger partial charge on any atom is 0.229 e. The summed E-state index contributed by atoms with van der Waals surface area (Å²) in [5, 5.41) is 12.0. The van der Waals surface area contributed by atoms with Crippen LogP contribution in [-0.2, 0) is 0 Å². The molecule has 1 rings (SSSR count). The first-order chi connectivity index (χ1) is 5.74. The first kappa shape index (κ1) is 8.72. The number of rotatable bonds is 3. The summed E-state index contributed by atoms with van der Waals surface area (Å²) in [6.07, 6.45) is 1.31. The van der Waals surface area contributed by atoms with Crippen LogP contribution in [0.4, 0.5) is 0 Å². The summed E-state index contributed by atoms with van der Waals surface area (Å²) in [6, 6.07) is 2.09. The molecule has 0 spiro atoms. The summed E-state index contributed by atoms with van der Waals surface area (Å²) < 4.78 is 4.95. The van der Waals surface area contributed by atoms with Crippen molar-refractivity contribution in [2.24, 2.45) is 0 Å². The zero-order chi connectivity index (χ0) is 8.97. The van der Waals surface area contributed by atoms with Crippen LogP contribution in [0.5, 0.6) is 0 Å². The van der Waals surface area contributed by atoms with Gasteiger partial charge in [-0.25, -0.2) is 0 Å². The summed E-state index contributed by atoms with van der Waals surface area (Å²) in [7, 11) is 0. The lowest BCUT2D eigenvalue weighted by Gasteiger charge is -2.00. The number of hydrogen-bond acceptors (Lipinski definition) is 4. The molecule has 1 heterocycles. The molecule has 0 fully saturated rings. The molecule has 0 N–H and O–H groups in total. The molecule has 0 saturated heterocycles. The normalized spacial score (nSPS) is 12.4. The van der Waals surface area contributed by atoms with Gasteiger partial charge in [-0.15, -0.1) is 0 Å². The van der Waals surface area contributed by atoms with Crippen LogP contribution in [0, 0.1) is 18.3 Å². The third-order valence-corrected chi connectivity index (χ3v) is 1.65. The van der Waals surface area contributed by atoms with Crippen LogP contribution in [0.25, 0.3) is 0 Å². The Morgan fingerprint density at radius 1 is 1.67 bits per heavy atom. The van der Waals surface area contributed by atoms with Crippen molar-refractivity contribution in [2.45, 2.75) is 32.6 Å². The first-order valence-electron chi connectivity index (χ1n) is 3.91. The fourth-order valence-corrected chi connectivity index (χ4v) is 0.918. The minimum absolute atomic E-state index is 0.186. The Hall–Kier alpha value is -1.37. The van der Waals surface area contributed by atoms with E-state index in [9.17, 15) is 0 Å². The third kappa shape index (κ3) is 2.06. The van der Waals surface area contributed by atoms with Crippen molar-refractivity contribution < 1.29 is 4.52 Å². The Morgan fingerprint density at radius 3 is 2.92 bits per heavy atom. The lowest BCUT2D eigenvalue weighted by atomic mass is 10.1. The number of hydrogen-bond donors (Lipinski definition) is 0. The van der Waals surface area contributed by atoms with Gasteiger partial charge in [0, 0.05) is 12.3 Å². The van der Waals surface area contributed by atoms with Crippen molar-refractivity contribution >= 4 is 0 Å². The van der Waals surface area contributed by atoms with Crippen molar-refractivity contribution in [3.05, 3.63) is 11.7 Å². The molecule has 0 aliphatic rings. The summed E-state index contributed by atoms with van der Waals surface area (Å²) in [5.74, 6) is 1.46. The first-order valence-corrected chi connectivity index (χ1v) is 3.91. The highest BCUT2D eigenvalue weighted by atomic mass is 16.5. The molecule has 4 nitrogen and oxygen atoms in total. The average Bonchev–Trinajstić information content (AvgIpc) is 2.47. The lowest BCUT2D eigenvalue weighted by Crippen LogP contribution is -1.93. The lowest BCUT2D eigenvalue weighted by molar-refractivity contribution is 0.352. The van der Waals surface area contributed by atoms with Gasteiger partial charge in [0.2, 0.25) is 5.89 Å². The fraction of sp³-hybridized carbons (Fsp3) is 0.625. The highest BCUT2D eigenvalue weighted by molar-refractivity contribution is 4.91. The second-order valence-corrected chi connectivity index (χ2v) is 2.78. The number of nitrogens with zero attached hydrogens (tertiary/aromatic N) is 3. The van der Waals surface area contributed by atoms with E-state index < -0.39 is 0 Å². The highest BCUT2D eigenvalue weighted by Gasteiger charge is 2.11. The van der Waals surface area contributed by atoms with Crippen LogP contribution >= 0.6 is 0 Å². The van der Waals surface area contributed by atoms with Crippen molar-refractivity contribution in [3.63, 3.8) is 0 Å². The van der Waals surface area contributed by atoms with Crippen molar-refractivity contribution in [1.29, 1.82) is 5.26 Å². The largest absolute Gasteiger partial charge is 0.339 e. The predicted octanol–water partition coefficient (Wildman–Crippen LogP) is 1.79. The van der Waals surface area contributed by atoms with Gasteiger partial charge >= 0.3 is 0 Å². The van der Waals surface area contributed by atoms with Crippen LogP contribution < -0.4 is 0 Å². The van der Waals surface area contributed by atoms with Gasteiger partial charge in [0.05, 0.1) is 6.07 Å². The van der Waals surface area contributed by atoms with Gasteiger partial charge in [0.25, 0.3) is 0 Å². The Bertz CT molecular complexity index is 287. The molecule has 0 radical (unpaired) electrons. The van der Waals surface area contributed by atoms with Gasteiger partial charge in [-0.3, -0.25) is 0 Å². The Kier molecular flexibility index (Phi) is 2.81. The maximum atomic E-state index is 8.35. The van der Waals surface area contributed by atoms with E-state index in [1.54, 1.807) is 6.92 Å². The van der Waals surface area contributed by atoms with Crippen LogP contribution in [0.2, 0.25) is 0 Å². The van der Waals surface area contributed by atoms with E-state index in [4.69, 9.17) is 9.78 Å². The van der Waals surface area contributed by atoms with E-state index >= 15 is 0 Å². The van der Waals surface area contributed by atoms with Crippen LogP contribution in [0.3, 0.4) is 0 Å². The molecule has 1 aromatic rings. The fourth-order valence-electron chi connectivity index (χ4n) is 0.918. The van der Waals surface area contributed by atoms with E-state index in [1.165, 1.54) is 0 Å². The Labute approximate surface area is 71.2 Å². The number of aryl methyl sites for hydroxylation is 1. The summed E-state index contributed by atoms with van der Waals surface area (Å²) in [4.78, 5) is 4.08. The van der Waals surface area contributed by atoms with Gasteiger partial charge in [0.15, 0.2) is 5.82 Å². The SMILES string of the molecule is Cc1noc(C(C)CCC#N)n1. The topological polar surface area (TPSA) is 62.7 Å². The van der Waals surface area contributed by atoms with Gasteiger partial charge in [-0.1, -0.05) is 12.1 Å². The monoisotopic (exact) mass is 165 g/mol. The molecule has 0 saturated carbocycles. The van der Waals surface area contributed by atoms with Crippen LogP contribution in [0.15, 0.2) is 4.52 Å². The van der Waals surface area contributed by atoms with Gasteiger partial charge in [0.1, 0.15) is 0 Å². The summed E-state index contributed by atoms with van der Waals surface area (Å²) in [6.45, 7) is 3.76. The van der Waals surface area contributed by atoms with Crippen molar-refractivity contribution in [2.75, 3.05) is 0 Å². The van der Waals surface area contributed by atoms with Gasteiger partial charge < -0.3 is 4.52 Å². The molecule has 0 bridgehead atoms. The predicted molar refractivity (Wildman–Crippen MR) is 42.3 cm³/mol. The second kappa shape index (κ2) is 3.86. The molecule has 0 aliphatic carbocycles. The quantitative estimate of drug-likeness (QED) is 0.684. The Balaban J connectivity index is 2.54. The molecule has 12 heavy (non-hydrogen) atoms. The third-order valence-electron chi connectivity index (χ3n) is 1.65. The van der Waals surface area contributed by atoms with E-state index in [1.807, 2.05) is 6.92 Å². The average molecular weight is 165 g/mol. The van der Waals surface area contributed by atoms with E-state index in [2.05, 4.69) is 16.2 Å². The molecule has 0 aromatic carbocycles. The van der Waals surface area contributed by atoms with Crippen molar-refractivity contribution in [1.82, 2.24) is 10.1 Å². The molecule has 1 unspecified atom stereocenters. The molecule has 64 valence electrons. The molecular formula is C8H11N3O. The van der Waals surface area contributed by atoms with E-state index in [0.29, 0.717) is 18.1 Å². The molecule has 1 aromatic heterocycles. The molecule has 4 heteroatoms. The minimum atomic E-state index is 0.186. The Morgan fingerprint density at radius 2 is 2.42 bits per heavy atom. The summed E-state index contributed by atoms with van der Waals surface area (Å²) >= 11 is 0. The highest BCUT2D eigenvalue weighted by Crippen LogP contribution is 2.17. The number of nitriles is 1. The molecular weight excluding hydrogens is 154 g/mol. The zero-order valence-electron chi connectivity index (χ0n) is 7.24. The second-order valence-electron chi connectivity index (χ2n) is 2.78. The zero-order valence-corrected chi connectivity index (χ0v) is 7.24.